The quantitative estimate of drug-likeness (QED) is 0.668. The lowest BCUT2D eigenvalue weighted by molar-refractivity contribution is 0.597. The van der Waals surface area contributed by atoms with Crippen LogP contribution in [0, 0.1) is 0 Å². The summed E-state index contributed by atoms with van der Waals surface area (Å²) in [6, 6.07) is 3.11. The molecule has 0 aliphatic carbocycles. The summed E-state index contributed by atoms with van der Waals surface area (Å²) in [5, 5.41) is 8.04. The van der Waals surface area contributed by atoms with E-state index in [1.165, 1.54) is 12.3 Å². The zero-order valence-electron chi connectivity index (χ0n) is 9.05. The third kappa shape index (κ3) is 3.44. The zero-order chi connectivity index (χ0) is 12.2. The summed E-state index contributed by atoms with van der Waals surface area (Å²) in [4.78, 5) is 3.95. The minimum absolute atomic E-state index is 0.00107. The molecule has 5 N–H and O–H groups in total. The second-order valence-corrected chi connectivity index (χ2v) is 4.97. The van der Waals surface area contributed by atoms with E-state index in [2.05, 4.69) is 10.3 Å². The van der Waals surface area contributed by atoms with Gasteiger partial charge in [0.05, 0.1) is 0 Å². The number of nitrogens with one attached hydrogen (secondary N) is 1. The number of aromatic nitrogens is 1. The monoisotopic (exact) mass is 244 g/mol. The molecule has 0 saturated heterocycles. The molecular formula is C9H16N4O2S. The number of hydrogen-bond donors (Lipinski definition) is 3. The third-order valence-corrected chi connectivity index (χ3v) is 3.09. The van der Waals surface area contributed by atoms with Crippen molar-refractivity contribution in [1.82, 2.24) is 4.98 Å². The van der Waals surface area contributed by atoms with E-state index in [1.807, 2.05) is 6.92 Å². The van der Waals surface area contributed by atoms with Crippen molar-refractivity contribution in [3.05, 3.63) is 18.3 Å². The molecule has 1 unspecified atom stereocenters. The predicted molar refractivity (Wildman–Crippen MR) is 62.4 cm³/mol. The molecule has 1 aromatic heterocycles. The molecule has 1 rings (SSSR count). The highest BCUT2D eigenvalue weighted by Gasteiger charge is 2.09. The van der Waals surface area contributed by atoms with Crippen LogP contribution in [0.15, 0.2) is 23.2 Å². The first kappa shape index (κ1) is 12.9. The van der Waals surface area contributed by atoms with Crippen molar-refractivity contribution in [1.29, 1.82) is 0 Å². The molecule has 0 aliphatic rings. The highest BCUT2D eigenvalue weighted by molar-refractivity contribution is 7.89. The summed E-state index contributed by atoms with van der Waals surface area (Å²) in [6.45, 7) is 2.50. The smallest absolute Gasteiger partial charge is 0.239 e. The summed E-state index contributed by atoms with van der Waals surface area (Å²) in [7, 11) is -3.67. The van der Waals surface area contributed by atoms with Gasteiger partial charge in [-0.3, -0.25) is 0 Å². The van der Waals surface area contributed by atoms with Gasteiger partial charge in [0.15, 0.2) is 0 Å². The first-order chi connectivity index (χ1) is 7.47. The molecule has 6 nitrogen and oxygen atoms in total. The molecule has 16 heavy (non-hydrogen) atoms. The van der Waals surface area contributed by atoms with Crippen molar-refractivity contribution in [2.45, 2.75) is 24.3 Å². The SMILES string of the molecule is CCC(CN)Nc1ccc(S(N)(=O)=O)cn1. The van der Waals surface area contributed by atoms with Crippen LogP contribution in [0.5, 0.6) is 0 Å². The van der Waals surface area contributed by atoms with Crippen LogP contribution < -0.4 is 16.2 Å². The Kier molecular flexibility index (Phi) is 4.22. The van der Waals surface area contributed by atoms with Crippen LogP contribution in [-0.4, -0.2) is 26.0 Å². The van der Waals surface area contributed by atoms with E-state index in [4.69, 9.17) is 10.9 Å². The largest absolute Gasteiger partial charge is 0.366 e. The zero-order valence-corrected chi connectivity index (χ0v) is 9.87. The Balaban J connectivity index is 2.80. The Morgan fingerprint density at radius 3 is 2.56 bits per heavy atom. The molecule has 1 aromatic rings. The topological polar surface area (TPSA) is 111 Å². The molecule has 90 valence electrons. The molecule has 0 aliphatic heterocycles. The Morgan fingerprint density at radius 1 is 1.50 bits per heavy atom. The van der Waals surface area contributed by atoms with Crippen LogP contribution in [0.3, 0.4) is 0 Å². The van der Waals surface area contributed by atoms with Gasteiger partial charge in [-0.15, -0.1) is 0 Å². The van der Waals surface area contributed by atoms with Gasteiger partial charge in [-0.05, 0) is 18.6 Å². The fourth-order valence-electron chi connectivity index (χ4n) is 1.17. The number of hydrogen-bond acceptors (Lipinski definition) is 5. The Labute approximate surface area is 95.1 Å². The van der Waals surface area contributed by atoms with Crippen LogP contribution in [0.2, 0.25) is 0 Å². The normalized spacial score (nSPS) is 13.4. The molecule has 1 heterocycles. The molecule has 1 atom stereocenters. The highest BCUT2D eigenvalue weighted by atomic mass is 32.2. The first-order valence-corrected chi connectivity index (χ1v) is 6.47. The Morgan fingerprint density at radius 2 is 2.19 bits per heavy atom. The van der Waals surface area contributed by atoms with Crippen LogP contribution in [0.1, 0.15) is 13.3 Å². The molecule has 0 bridgehead atoms. The van der Waals surface area contributed by atoms with Gasteiger partial charge in [0.25, 0.3) is 0 Å². The van der Waals surface area contributed by atoms with Crippen LogP contribution in [0.4, 0.5) is 5.82 Å². The van der Waals surface area contributed by atoms with E-state index in [9.17, 15) is 8.42 Å². The van der Waals surface area contributed by atoms with E-state index < -0.39 is 10.0 Å². The maximum atomic E-state index is 11.0. The van der Waals surface area contributed by atoms with E-state index in [0.717, 1.165) is 6.42 Å². The number of primary sulfonamides is 1. The minimum Gasteiger partial charge on any atom is -0.366 e. The van der Waals surface area contributed by atoms with Crippen LogP contribution >= 0.6 is 0 Å². The van der Waals surface area contributed by atoms with Crippen molar-refractivity contribution < 1.29 is 8.42 Å². The average molecular weight is 244 g/mol. The van der Waals surface area contributed by atoms with Gasteiger partial charge in [0.2, 0.25) is 10.0 Å². The van der Waals surface area contributed by atoms with E-state index >= 15 is 0 Å². The lowest BCUT2D eigenvalue weighted by atomic mass is 10.2. The molecule has 7 heteroatoms. The predicted octanol–water partition coefficient (Wildman–Crippen LogP) is -0.122. The first-order valence-electron chi connectivity index (χ1n) is 4.92. The molecular weight excluding hydrogens is 228 g/mol. The second kappa shape index (κ2) is 5.24. The summed E-state index contributed by atoms with van der Waals surface area (Å²) >= 11 is 0. The number of pyridine rings is 1. The number of anilines is 1. The maximum Gasteiger partial charge on any atom is 0.239 e. The third-order valence-electron chi connectivity index (χ3n) is 2.19. The highest BCUT2D eigenvalue weighted by Crippen LogP contribution is 2.10. The van der Waals surface area contributed by atoms with Gasteiger partial charge < -0.3 is 11.1 Å². The summed E-state index contributed by atoms with van der Waals surface area (Å²) in [6.07, 6.45) is 2.09. The summed E-state index contributed by atoms with van der Waals surface area (Å²) in [5.74, 6) is 0.588. The van der Waals surface area contributed by atoms with Gasteiger partial charge in [0.1, 0.15) is 10.7 Å². The summed E-state index contributed by atoms with van der Waals surface area (Å²) < 4.78 is 22.0. The molecule has 0 spiro atoms. The lowest BCUT2D eigenvalue weighted by Gasteiger charge is -2.14. The van der Waals surface area contributed by atoms with Gasteiger partial charge in [-0.1, -0.05) is 6.92 Å². The van der Waals surface area contributed by atoms with Gasteiger partial charge in [0, 0.05) is 18.8 Å². The van der Waals surface area contributed by atoms with Gasteiger partial charge in [-0.2, -0.15) is 0 Å². The number of rotatable bonds is 5. The molecule has 0 amide bonds. The van der Waals surface area contributed by atoms with Crippen LogP contribution in [0.25, 0.3) is 0 Å². The number of sulfonamides is 1. The molecule has 0 fully saturated rings. The fraction of sp³-hybridized carbons (Fsp3) is 0.444. The van der Waals surface area contributed by atoms with Gasteiger partial charge >= 0.3 is 0 Å². The van der Waals surface area contributed by atoms with E-state index in [0.29, 0.717) is 12.4 Å². The minimum atomic E-state index is -3.67. The van der Waals surface area contributed by atoms with E-state index in [1.54, 1.807) is 6.07 Å². The number of nitrogens with two attached hydrogens (primary N) is 2. The molecule has 0 aromatic carbocycles. The van der Waals surface area contributed by atoms with Crippen LogP contribution in [-0.2, 0) is 10.0 Å². The van der Waals surface area contributed by atoms with Crippen molar-refractivity contribution in [2.24, 2.45) is 10.9 Å². The van der Waals surface area contributed by atoms with Crippen molar-refractivity contribution >= 4 is 15.8 Å². The fourth-order valence-corrected chi connectivity index (χ4v) is 1.63. The van der Waals surface area contributed by atoms with Crippen molar-refractivity contribution in [3.8, 4) is 0 Å². The number of nitrogens with zero attached hydrogens (tertiary/aromatic N) is 1. The van der Waals surface area contributed by atoms with Gasteiger partial charge in [-0.25, -0.2) is 18.5 Å². The molecule has 0 saturated carbocycles. The average Bonchev–Trinajstić information content (AvgIpc) is 2.25. The lowest BCUT2D eigenvalue weighted by Crippen LogP contribution is -2.28. The van der Waals surface area contributed by atoms with E-state index in [-0.39, 0.29) is 10.9 Å². The van der Waals surface area contributed by atoms with Crippen molar-refractivity contribution in [2.75, 3.05) is 11.9 Å². The standard InChI is InChI=1S/C9H16N4O2S/c1-2-7(5-10)13-9-4-3-8(6-12-9)16(11,14)15/h3-4,6-7H,2,5,10H2,1H3,(H,12,13)(H2,11,14,15). The Hall–Kier alpha value is -1.18. The molecule has 0 radical (unpaired) electrons. The second-order valence-electron chi connectivity index (χ2n) is 3.41. The van der Waals surface area contributed by atoms with Crippen molar-refractivity contribution in [3.63, 3.8) is 0 Å². The Bertz CT molecular complexity index is 425. The summed E-state index contributed by atoms with van der Waals surface area (Å²) in [5.41, 5.74) is 5.52. The maximum absolute atomic E-state index is 11.0.